The largest absolute Gasteiger partial charge is 0.192 e. The number of nitrogens with zero attached hydrogens (tertiary/aromatic N) is 1. The Morgan fingerprint density at radius 3 is 2.85 bits per heavy atom. The van der Waals surface area contributed by atoms with Crippen molar-refractivity contribution in [2.75, 3.05) is 0 Å². The van der Waals surface area contributed by atoms with Crippen molar-refractivity contribution in [1.82, 2.24) is 0 Å². The minimum atomic E-state index is 0.394. The van der Waals surface area contributed by atoms with Gasteiger partial charge in [-0.3, -0.25) is 0 Å². The zero-order valence-corrected chi connectivity index (χ0v) is 7.83. The molecule has 1 atom stereocenters. The van der Waals surface area contributed by atoms with Crippen molar-refractivity contribution >= 4 is 5.57 Å². The van der Waals surface area contributed by atoms with E-state index in [1.54, 1.807) is 0 Å². The van der Waals surface area contributed by atoms with Gasteiger partial charge >= 0.3 is 0 Å². The molecule has 0 N–H and O–H groups in total. The molecule has 1 unspecified atom stereocenters. The Kier molecular flexibility index (Phi) is 1.70. The van der Waals surface area contributed by atoms with Gasteiger partial charge in [0.15, 0.2) is 0 Å². The van der Waals surface area contributed by atoms with Crippen LogP contribution < -0.4 is 0 Å². The van der Waals surface area contributed by atoms with Gasteiger partial charge in [-0.15, -0.1) is 0 Å². The molecule has 1 aromatic rings. The second kappa shape index (κ2) is 2.74. The van der Waals surface area contributed by atoms with Crippen LogP contribution in [-0.4, -0.2) is 0 Å². The predicted octanol–water partition coefficient (Wildman–Crippen LogP) is 3.02. The van der Waals surface area contributed by atoms with Gasteiger partial charge in [-0.05, 0) is 18.1 Å². The molecule has 0 saturated carbocycles. The van der Waals surface area contributed by atoms with Gasteiger partial charge in [-0.2, -0.15) is 5.26 Å². The Morgan fingerprint density at radius 1 is 1.38 bits per heavy atom. The van der Waals surface area contributed by atoms with Gasteiger partial charge in [0.25, 0.3) is 0 Å². The standard InChI is InChI=1S/C12H11N/c1-8-3-4-11-9(2)6-10(7-13)12(11)5-8/h3-6,9H,1-2H3. The van der Waals surface area contributed by atoms with Crippen LogP contribution in [0.4, 0.5) is 0 Å². The zero-order valence-electron chi connectivity index (χ0n) is 7.83. The Bertz CT molecular complexity index is 421. The highest BCUT2D eigenvalue weighted by Crippen LogP contribution is 2.35. The number of hydrogen-bond acceptors (Lipinski definition) is 1. The first-order chi connectivity index (χ1) is 6.22. The second-order valence-corrected chi connectivity index (χ2v) is 3.57. The summed E-state index contributed by atoms with van der Waals surface area (Å²) in [6.07, 6.45) is 2.03. The fourth-order valence-corrected chi connectivity index (χ4v) is 1.83. The predicted molar refractivity (Wildman–Crippen MR) is 53.2 cm³/mol. The summed E-state index contributed by atoms with van der Waals surface area (Å²) in [5.74, 6) is 0.394. The van der Waals surface area contributed by atoms with Crippen molar-refractivity contribution in [3.8, 4) is 6.07 Å². The van der Waals surface area contributed by atoms with Crippen molar-refractivity contribution in [2.24, 2.45) is 0 Å². The molecule has 0 aliphatic heterocycles. The highest BCUT2D eigenvalue weighted by molar-refractivity contribution is 5.83. The van der Waals surface area contributed by atoms with E-state index in [1.165, 1.54) is 11.1 Å². The van der Waals surface area contributed by atoms with E-state index in [4.69, 9.17) is 5.26 Å². The Hall–Kier alpha value is -1.55. The van der Waals surface area contributed by atoms with E-state index in [2.05, 4.69) is 38.1 Å². The van der Waals surface area contributed by atoms with Crippen LogP contribution in [0.25, 0.3) is 5.57 Å². The van der Waals surface area contributed by atoms with Crippen LogP contribution in [0, 0.1) is 18.3 Å². The Labute approximate surface area is 78.3 Å². The van der Waals surface area contributed by atoms with E-state index < -0.39 is 0 Å². The van der Waals surface area contributed by atoms with Crippen molar-refractivity contribution in [2.45, 2.75) is 19.8 Å². The van der Waals surface area contributed by atoms with Gasteiger partial charge in [-0.25, -0.2) is 0 Å². The zero-order chi connectivity index (χ0) is 9.42. The van der Waals surface area contributed by atoms with E-state index in [1.807, 2.05) is 6.08 Å². The molecule has 0 aromatic heterocycles. The van der Waals surface area contributed by atoms with Crippen LogP contribution in [0.3, 0.4) is 0 Å². The van der Waals surface area contributed by atoms with E-state index in [0.717, 1.165) is 11.1 Å². The normalized spacial score (nSPS) is 19.2. The summed E-state index contributed by atoms with van der Waals surface area (Å²) < 4.78 is 0. The van der Waals surface area contributed by atoms with Crippen LogP contribution in [0.2, 0.25) is 0 Å². The van der Waals surface area contributed by atoms with Crippen LogP contribution in [0.15, 0.2) is 24.3 Å². The molecule has 1 heteroatoms. The lowest BCUT2D eigenvalue weighted by Gasteiger charge is -2.04. The lowest BCUT2D eigenvalue weighted by atomic mass is 10.00. The van der Waals surface area contributed by atoms with Crippen molar-refractivity contribution in [3.63, 3.8) is 0 Å². The molecule has 0 saturated heterocycles. The van der Waals surface area contributed by atoms with Gasteiger partial charge in [0, 0.05) is 5.92 Å². The molecule has 0 spiro atoms. The minimum Gasteiger partial charge on any atom is -0.192 e. The Balaban J connectivity index is 2.63. The van der Waals surface area contributed by atoms with Crippen LogP contribution in [0.1, 0.15) is 29.5 Å². The van der Waals surface area contributed by atoms with Crippen LogP contribution >= 0.6 is 0 Å². The van der Waals surface area contributed by atoms with Crippen molar-refractivity contribution in [1.29, 1.82) is 5.26 Å². The topological polar surface area (TPSA) is 23.8 Å². The quantitative estimate of drug-likeness (QED) is 0.585. The average Bonchev–Trinajstić information content (AvgIpc) is 2.42. The summed E-state index contributed by atoms with van der Waals surface area (Å²) >= 11 is 0. The fraction of sp³-hybridized carbons (Fsp3) is 0.250. The fourth-order valence-electron chi connectivity index (χ4n) is 1.83. The van der Waals surface area contributed by atoms with Crippen molar-refractivity contribution < 1.29 is 0 Å². The first-order valence-electron chi connectivity index (χ1n) is 4.45. The summed E-state index contributed by atoms with van der Waals surface area (Å²) in [7, 11) is 0. The summed E-state index contributed by atoms with van der Waals surface area (Å²) in [6.45, 7) is 4.18. The number of aryl methyl sites for hydroxylation is 1. The molecule has 0 fully saturated rings. The minimum absolute atomic E-state index is 0.394. The smallest absolute Gasteiger partial charge is 0.0994 e. The van der Waals surface area contributed by atoms with E-state index in [0.29, 0.717) is 5.92 Å². The number of fused-ring (bicyclic) bond motifs is 1. The summed E-state index contributed by atoms with van der Waals surface area (Å²) in [6, 6.07) is 8.55. The number of hydrogen-bond donors (Lipinski definition) is 0. The maximum atomic E-state index is 8.90. The maximum absolute atomic E-state index is 8.90. The van der Waals surface area contributed by atoms with Crippen LogP contribution in [0.5, 0.6) is 0 Å². The molecule has 0 radical (unpaired) electrons. The molecule has 1 nitrogen and oxygen atoms in total. The SMILES string of the molecule is Cc1ccc2c(c1)C(C#N)=CC2C. The number of allylic oxidation sites excluding steroid dienone is 2. The van der Waals surface area contributed by atoms with Gasteiger partial charge in [0.2, 0.25) is 0 Å². The molecule has 0 heterocycles. The summed E-state index contributed by atoms with van der Waals surface area (Å²) in [4.78, 5) is 0. The molecule has 1 aliphatic rings. The molecule has 0 amide bonds. The van der Waals surface area contributed by atoms with E-state index in [9.17, 15) is 0 Å². The summed E-state index contributed by atoms with van der Waals surface area (Å²) in [5.41, 5.74) is 4.44. The number of benzene rings is 1. The van der Waals surface area contributed by atoms with Gasteiger partial charge < -0.3 is 0 Å². The molecule has 1 aliphatic carbocycles. The number of nitriles is 1. The lowest BCUT2D eigenvalue weighted by Crippen LogP contribution is -1.87. The monoisotopic (exact) mass is 169 g/mol. The summed E-state index contributed by atoms with van der Waals surface area (Å²) in [5, 5.41) is 8.90. The van der Waals surface area contributed by atoms with Gasteiger partial charge in [0.1, 0.15) is 0 Å². The molecule has 2 rings (SSSR count). The highest BCUT2D eigenvalue weighted by atomic mass is 14.3. The third-order valence-corrected chi connectivity index (χ3v) is 2.53. The lowest BCUT2D eigenvalue weighted by molar-refractivity contribution is 0.989. The second-order valence-electron chi connectivity index (χ2n) is 3.57. The first-order valence-corrected chi connectivity index (χ1v) is 4.45. The molecular weight excluding hydrogens is 158 g/mol. The molecule has 1 aromatic carbocycles. The van der Waals surface area contributed by atoms with Gasteiger partial charge in [-0.1, -0.05) is 36.8 Å². The molecular formula is C12H11N. The third-order valence-electron chi connectivity index (χ3n) is 2.53. The maximum Gasteiger partial charge on any atom is 0.0994 e. The highest BCUT2D eigenvalue weighted by Gasteiger charge is 2.19. The third kappa shape index (κ3) is 1.15. The molecule has 13 heavy (non-hydrogen) atoms. The van der Waals surface area contributed by atoms with E-state index >= 15 is 0 Å². The average molecular weight is 169 g/mol. The first kappa shape index (κ1) is 8.07. The van der Waals surface area contributed by atoms with Crippen molar-refractivity contribution in [3.05, 3.63) is 41.0 Å². The van der Waals surface area contributed by atoms with E-state index in [-0.39, 0.29) is 0 Å². The number of rotatable bonds is 0. The van der Waals surface area contributed by atoms with Crippen LogP contribution in [-0.2, 0) is 0 Å². The molecule has 64 valence electrons. The molecule has 0 bridgehead atoms. The van der Waals surface area contributed by atoms with Gasteiger partial charge in [0.05, 0.1) is 11.6 Å². The Morgan fingerprint density at radius 2 is 2.15 bits per heavy atom.